The third kappa shape index (κ3) is 2.69. The van der Waals surface area contributed by atoms with Crippen molar-refractivity contribution < 1.29 is 9.90 Å². The molecule has 0 aliphatic heterocycles. The highest BCUT2D eigenvalue weighted by Gasteiger charge is 2.12. The Balaban J connectivity index is 2.42. The van der Waals surface area contributed by atoms with Gasteiger partial charge in [0.1, 0.15) is 0 Å². The van der Waals surface area contributed by atoms with Gasteiger partial charge in [-0.2, -0.15) is 0 Å². The Kier molecular flexibility index (Phi) is 3.33. The maximum atomic E-state index is 11.1. The average molecular weight is 263 g/mol. The smallest absolute Gasteiger partial charge is 0.336 e. The van der Waals surface area contributed by atoms with Gasteiger partial charge in [0.2, 0.25) is 0 Å². The molecule has 0 radical (unpaired) electrons. The number of nitrogens with two attached hydrogens (primary N) is 1. The monoisotopic (exact) mass is 263 g/mol. The van der Waals surface area contributed by atoms with Gasteiger partial charge in [0.15, 0.2) is 5.16 Å². The standard InChI is InChI=1S/C11H9N3O3S/c12-6-1-2-7(10(16)17)8(5-6)18-11-13-4-3-9(15)14-11/h1-5H,12H2,(H,16,17)(H,13,14,15). The molecular weight excluding hydrogens is 254 g/mol. The first kappa shape index (κ1) is 12.2. The van der Waals surface area contributed by atoms with Crippen molar-refractivity contribution in [2.45, 2.75) is 10.1 Å². The first-order valence-corrected chi connectivity index (χ1v) is 5.74. The van der Waals surface area contributed by atoms with E-state index in [1.54, 1.807) is 0 Å². The van der Waals surface area contributed by atoms with E-state index in [1.165, 1.54) is 30.5 Å². The molecule has 92 valence electrons. The third-order valence-electron chi connectivity index (χ3n) is 2.09. The molecule has 0 saturated heterocycles. The molecule has 0 saturated carbocycles. The number of benzene rings is 1. The molecule has 4 N–H and O–H groups in total. The number of rotatable bonds is 3. The number of nitrogens with one attached hydrogen (secondary N) is 1. The Morgan fingerprint density at radius 2 is 2.17 bits per heavy atom. The number of hydrogen-bond acceptors (Lipinski definition) is 5. The summed E-state index contributed by atoms with van der Waals surface area (Å²) in [6, 6.07) is 5.73. The van der Waals surface area contributed by atoms with Crippen molar-refractivity contribution in [3.05, 3.63) is 46.4 Å². The van der Waals surface area contributed by atoms with Crippen LogP contribution in [0.2, 0.25) is 0 Å². The normalized spacial score (nSPS) is 10.2. The number of anilines is 1. The van der Waals surface area contributed by atoms with Crippen LogP contribution in [0.25, 0.3) is 0 Å². The van der Waals surface area contributed by atoms with Gasteiger partial charge < -0.3 is 15.8 Å². The van der Waals surface area contributed by atoms with Crippen LogP contribution in [0.15, 0.2) is 45.3 Å². The van der Waals surface area contributed by atoms with Crippen LogP contribution in [0.3, 0.4) is 0 Å². The van der Waals surface area contributed by atoms with Crippen molar-refractivity contribution >= 4 is 23.4 Å². The van der Waals surface area contributed by atoms with Crippen molar-refractivity contribution in [3.63, 3.8) is 0 Å². The van der Waals surface area contributed by atoms with Crippen LogP contribution in [0.5, 0.6) is 0 Å². The predicted octanol–water partition coefficient (Wildman–Crippen LogP) is 1.20. The lowest BCUT2D eigenvalue weighted by Crippen LogP contribution is -2.06. The molecule has 0 spiro atoms. The predicted molar refractivity (Wildman–Crippen MR) is 66.8 cm³/mol. The fourth-order valence-electron chi connectivity index (χ4n) is 1.31. The van der Waals surface area contributed by atoms with Gasteiger partial charge in [-0.1, -0.05) is 11.8 Å². The Hall–Kier alpha value is -2.28. The SMILES string of the molecule is Nc1ccc(C(=O)O)c(Sc2nccc(=O)[nH]2)c1. The molecule has 1 heterocycles. The van der Waals surface area contributed by atoms with Crippen LogP contribution in [-0.4, -0.2) is 21.0 Å². The highest BCUT2D eigenvalue weighted by atomic mass is 32.2. The number of hydrogen-bond donors (Lipinski definition) is 3. The van der Waals surface area contributed by atoms with Gasteiger partial charge in [0.25, 0.3) is 5.56 Å². The molecule has 0 amide bonds. The summed E-state index contributed by atoms with van der Waals surface area (Å²) in [5.41, 5.74) is 5.87. The van der Waals surface area contributed by atoms with Gasteiger partial charge in [-0.15, -0.1) is 0 Å². The van der Waals surface area contributed by atoms with Crippen molar-refractivity contribution in [3.8, 4) is 0 Å². The van der Waals surface area contributed by atoms with Gasteiger partial charge in [0, 0.05) is 22.8 Å². The zero-order chi connectivity index (χ0) is 13.1. The highest BCUT2D eigenvalue weighted by Crippen LogP contribution is 2.29. The minimum Gasteiger partial charge on any atom is -0.478 e. The maximum absolute atomic E-state index is 11.1. The molecule has 7 heteroatoms. The summed E-state index contributed by atoms with van der Waals surface area (Å²) >= 11 is 1.04. The zero-order valence-corrected chi connectivity index (χ0v) is 9.90. The molecule has 18 heavy (non-hydrogen) atoms. The van der Waals surface area contributed by atoms with Gasteiger partial charge in [0.05, 0.1) is 5.56 Å². The summed E-state index contributed by atoms with van der Waals surface area (Å²) in [6.45, 7) is 0. The van der Waals surface area contributed by atoms with Crippen molar-refractivity contribution in [2.75, 3.05) is 5.73 Å². The summed E-state index contributed by atoms with van der Waals surface area (Å²) in [7, 11) is 0. The number of carboxylic acid groups (broad SMARTS) is 1. The lowest BCUT2D eigenvalue weighted by molar-refractivity contribution is 0.0693. The number of nitrogens with zero attached hydrogens (tertiary/aromatic N) is 1. The van der Waals surface area contributed by atoms with Crippen LogP contribution in [0.1, 0.15) is 10.4 Å². The minimum absolute atomic E-state index is 0.112. The summed E-state index contributed by atoms with van der Waals surface area (Å²) in [4.78, 5) is 29.0. The zero-order valence-electron chi connectivity index (χ0n) is 9.08. The molecule has 0 fully saturated rings. The quantitative estimate of drug-likeness (QED) is 0.567. The summed E-state index contributed by atoms with van der Waals surface area (Å²) in [5, 5.41) is 9.36. The van der Waals surface area contributed by atoms with Crippen LogP contribution < -0.4 is 11.3 Å². The highest BCUT2D eigenvalue weighted by molar-refractivity contribution is 7.99. The Labute approximate surface area is 106 Å². The summed E-state index contributed by atoms with van der Waals surface area (Å²) < 4.78 is 0. The van der Waals surface area contributed by atoms with Gasteiger partial charge >= 0.3 is 5.97 Å². The molecule has 6 nitrogen and oxygen atoms in total. The molecule has 0 aliphatic rings. The van der Waals surface area contributed by atoms with Gasteiger partial charge in [-0.25, -0.2) is 9.78 Å². The van der Waals surface area contributed by atoms with E-state index >= 15 is 0 Å². The average Bonchev–Trinajstić information content (AvgIpc) is 2.28. The molecule has 0 aliphatic carbocycles. The van der Waals surface area contributed by atoms with Gasteiger partial charge in [-0.3, -0.25) is 4.79 Å². The Morgan fingerprint density at radius 3 is 2.83 bits per heavy atom. The van der Waals surface area contributed by atoms with Gasteiger partial charge in [-0.05, 0) is 18.2 Å². The van der Waals surface area contributed by atoms with E-state index in [0.29, 0.717) is 15.7 Å². The second kappa shape index (κ2) is 4.92. The van der Waals surface area contributed by atoms with E-state index in [-0.39, 0.29) is 11.1 Å². The second-order valence-electron chi connectivity index (χ2n) is 3.40. The Bertz CT molecular complexity index is 654. The number of carboxylic acids is 1. The molecule has 2 aromatic rings. The third-order valence-corrected chi connectivity index (χ3v) is 3.05. The van der Waals surface area contributed by atoms with E-state index in [9.17, 15) is 9.59 Å². The molecule has 2 rings (SSSR count). The molecular formula is C11H9N3O3S. The van der Waals surface area contributed by atoms with Crippen LogP contribution in [0.4, 0.5) is 5.69 Å². The van der Waals surface area contributed by atoms with E-state index in [4.69, 9.17) is 10.8 Å². The van der Waals surface area contributed by atoms with Crippen LogP contribution >= 0.6 is 11.8 Å². The molecule has 1 aromatic carbocycles. The van der Waals surface area contributed by atoms with Crippen LogP contribution in [-0.2, 0) is 0 Å². The first-order chi connectivity index (χ1) is 8.56. The van der Waals surface area contributed by atoms with E-state index in [0.717, 1.165) is 11.8 Å². The van der Waals surface area contributed by atoms with Crippen molar-refractivity contribution in [1.29, 1.82) is 0 Å². The molecule has 0 unspecified atom stereocenters. The van der Waals surface area contributed by atoms with E-state index in [2.05, 4.69) is 9.97 Å². The second-order valence-corrected chi connectivity index (χ2v) is 4.43. The minimum atomic E-state index is -1.06. The molecule has 1 aromatic heterocycles. The molecule has 0 bridgehead atoms. The van der Waals surface area contributed by atoms with Crippen molar-refractivity contribution in [2.24, 2.45) is 0 Å². The number of H-pyrrole nitrogens is 1. The van der Waals surface area contributed by atoms with Crippen molar-refractivity contribution in [1.82, 2.24) is 9.97 Å². The Morgan fingerprint density at radius 1 is 1.39 bits per heavy atom. The number of aromatic amines is 1. The number of aromatic carboxylic acids is 1. The topological polar surface area (TPSA) is 109 Å². The fourth-order valence-corrected chi connectivity index (χ4v) is 2.24. The van der Waals surface area contributed by atoms with Crippen LogP contribution in [0, 0.1) is 0 Å². The fraction of sp³-hybridized carbons (Fsp3) is 0. The van der Waals surface area contributed by atoms with E-state index in [1.807, 2.05) is 0 Å². The van der Waals surface area contributed by atoms with E-state index < -0.39 is 5.97 Å². The molecule has 0 atom stereocenters. The number of carbonyl (C=O) groups is 1. The summed E-state index contributed by atoms with van der Waals surface area (Å²) in [5.74, 6) is -1.06. The lowest BCUT2D eigenvalue weighted by atomic mass is 10.2. The first-order valence-electron chi connectivity index (χ1n) is 4.92. The summed E-state index contributed by atoms with van der Waals surface area (Å²) in [6.07, 6.45) is 1.36. The number of aromatic nitrogens is 2. The lowest BCUT2D eigenvalue weighted by Gasteiger charge is -2.05. The maximum Gasteiger partial charge on any atom is 0.336 e. The largest absolute Gasteiger partial charge is 0.478 e. The number of nitrogen functional groups attached to an aromatic ring is 1.